The van der Waals surface area contributed by atoms with E-state index < -0.39 is 0 Å². The van der Waals surface area contributed by atoms with Crippen molar-refractivity contribution in [1.29, 1.82) is 0 Å². The molecular formula is C14H14N2O3. The van der Waals surface area contributed by atoms with Gasteiger partial charge in [0.25, 0.3) is 0 Å². The fourth-order valence-electron chi connectivity index (χ4n) is 1.81. The number of rotatable bonds is 3. The van der Waals surface area contributed by atoms with E-state index in [2.05, 4.69) is 4.98 Å². The second-order valence-electron chi connectivity index (χ2n) is 4.36. The first-order valence-corrected chi connectivity index (χ1v) is 5.96. The molecule has 0 spiro atoms. The fourth-order valence-corrected chi connectivity index (χ4v) is 1.81. The molecule has 0 saturated carbocycles. The number of nitrogen functional groups attached to an aromatic ring is 1. The standard InChI is InChI=1S/C14H14N2O3/c1-9-4-14(16-6-11(9)15)17-7-10-2-3-12-13(5-10)19-8-18-12/h2-6H,7-8,15H2,1H3. The van der Waals surface area contributed by atoms with Crippen LogP contribution in [0, 0.1) is 6.92 Å². The van der Waals surface area contributed by atoms with Gasteiger partial charge < -0.3 is 19.9 Å². The molecule has 1 aromatic heterocycles. The van der Waals surface area contributed by atoms with Crippen LogP contribution in [0.25, 0.3) is 0 Å². The first-order valence-electron chi connectivity index (χ1n) is 5.96. The van der Waals surface area contributed by atoms with Gasteiger partial charge >= 0.3 is 0 Å². The Labute approximate surface area is 110 Å². The number of hydrogen-bond donors (Lipinski definition) is 1. The van der Waals surface area contributed by atoms with Crippen LogP contribution < -0.4 is 19.9 Å². The number of fused-ring (bicyclic) bond motifs is 1. The lowest BCUT2D eigenvalue weighted by Gasteiger charge is -2.07. The van der Waals surface area contributed by atoms with Gasteiger partial charge in [-0.05, 0) is 30.2 Å². The van der Waals surface area contributed by atoms with Crippen LogP contribution in [0.1, 0.15) is 11.1 Å². The summed E-state index contributed by atoms with van der Waals surface area (Å²) in [5, 5.41) is 0. The maximum Gasteiger partial charge on any atom is 0.231 e. The average Bonchev–Trinajstić information content (AvgIpc) is 2.87. The van der Waals surface area contributed by atoms with Crippen LogP contribution in [0.4, 0.5) is 5.69 Å². The van der Waals surface area contributed by atoms with Crippen LogP contribution in [0.15, 0.2) is 30.5 Å². The van der Waals surface area contributed by atoms with Gasteiger partial charge in [0.15, 0.2) is 11.5 Å². The topological polar surface area (TPSA) is 66.6 Å². The molecule has 0 bridgehead atoms. The molecule has 0 unspecified atom stereocenters. The minimum atomic E-state index is 0.276. The summed E-state index contributed by atoms with van der Waals surface area (Å²) in [6.45, 7) is 2.62. The minimum absolute atomic E-state index is 0.276. The second-order valence-corrected chi connectivity index (χ2v) is 4.36. The van der Waals surface area contributed by atoms with E-state index in [9.17, 15) is 0 Å². The quantitative estimate of drug-likeness (QED) is 0.914. The van der Waals surface area contributed by atoms with Gasteiger partial charge in [0.05, 0.1) is 11.9 Å². The molecule has 5 nitrogen and oxygen atoms in total. The summed E-state index contributed by atoms with van der Waals surface area (Å²) in [6, 6.07) is 7.55. The molecule has 0 atom stereocenters. The molecule has 0 aliphatic carbocycles. The van der Waals surface area contributed by atoms with E-state index in [0.29, 0.717) is 18.2 Å². The van der Waals surface area contributed by atoms with Gasteiger partial charge in [-0.1, -0.05) is 6.07 Å². The number of benzene rings is 1. The highest BCUT2D eigenvalue weighted by Gasteiger charge is 2.13. The first-order chi connectivity index (χ1) is 9.22. The van der Waals surface area contributed by atoms with Crippen LogP contribution in [0.2, 0.25) is 0 Å². The molecular weight excluding hydrogens is 244 g/mol. The third-order valence-electron chi connectivity index (χ3n) is 2.95. The largest absolute Gasteiger partial charge is 0.473 e. The molecule has 1 aliphatic rings. The predicted octanol–water partition coefficient (Wildman–Crippen LogP) is 2.28. The maximum atomic E-state index is 5.71. The van der Waals surface area contributed by atoms with Gasteiger partial charge in [0, 0.05) is 6.07 Å². The summed E-state index contributed by atoms with van der Waals surface area (Å²) in [5.41, 5.74) is 8.33. The van der Waals surface area contributed by atoms with Crippen molar-refractivity contribution in [3.63, 3.8) is 0 Å². The molecule has 2 heterocycles. The summed E-state index contributed by atoms with van der Waals surface area (Å²) >= 11 is 0. The van der Waals surface area contributed by atoms with Crippen LogP contribution in [-0.2, 0) is 6.61 Å². The molecule has 0 amide bonds. The third kappa shape index (κ3) is 2.40. The lowest BCUT2D eigenvalue weighted by molar-refractivity contribution is 0.174. The van der Waals surface area contributed by atoms with E-state index >= 15 is 0 Å². The lowest BCUT2D eigenvalue weighted by atomic mass is 10.2. The van der Waals surface area contributed by atoms with Crippen LogP contribution in [0.3, 0.4) is 0 Å². The molecule has 98 valence electrons. The number of aryl methyl sites for hydroxylation is 1. The van der Waals surface area contributed by atoms with Crippen molar-refractivity contribution < 1.29 is 14.2 Å². The molecule has 1 aromatic carbocycles. The number of hydrogen-bond acceptors (Lipinski definition) is 5. The van der Waals surface area contributed by atoms with Crippen molar-refractivity contribution in [1.82, 2.24) is 4.98 Å². The molecule has 0 radical (unpaired) electrons. The van der Waals surface area contributed by atoms with Crippen molar-refractivity contribution in [3.05, 3.63) is 41.6 Å². The van der Waals surface area contributed by atoms with Gasteiger partial charge in [-0.2, -0.15) is 0 Å². The van der Waals surface area contributed by atoms with E-state index in [0.717, 1.165) is 22.6 Å². The molecule has 3 rings (SSSR count). The molecule has 5 heteroatoms. The number of aromatic nitrogens is 1. The van der Waals surface area contributed by atoms with Gasteiger partial charge in [-0.25, -0.2) is 4.98 Å². The van der Waals surface area contributed by atoms with Crippen molar-refractivity contribution in [2.45, 2.75) is 13.5 Å². The van der Waals surface area contributed by atoms with Crippen molar-refractivity contribution in [2.24, 2.45) is 0 Å². The number of ether oxygens (including phenoxy) is 3. The number of nitrogens with two attached hydrogens (primary N) is 1. The normalized spacial score (nSPS) is 12.5. The van der Waals surface area contributed by atoms with Gasteiger partial charge in [-0.3, -0.25) is 0 Å². The average molecular weight is 258 g/mol. The highest BCUT2D eigenvalue weighted by atomic mass is 16.7. The number of pyridine rings is 1. The highest BCUT2D eigenvalue weighted by molar-refractivity contribution is 5.46. The summed E-state index contributed by atoms with van der Waals surface area (Å²) < 4.78 is 16.2. The monoisotopic (exact) mass is 258 g/mol. The Morgan fingerprint density at radius 1 is 1.26 bits per heavy atom. The van der Waals surface area contributed by atoms with Crippen molar-refractivity contribution in [3.8, 4) is 17.4 Å². The summed E-state index contributed by atoms with van der Waals surface area (Å²) in [6.07, 6.45) is 1.60. The summed E-state index contributed by atoms with van der Waals surface area (Å²) in [7, 11) is 0. The van der Waals surface area contributed by atoms with Crippen molar-refractivity contribution >= 4 is 5.69 Å². The van der Waals surface area contributed by atoms with Crippen LogP contribution >= 0.6 is 0 Å². The predicted molar refractivity (Wildman–Crippen MR) is 70.3 cm³/mol. The lowest BCUT2D eigenvalue weighted by Crippen LogP contribution is -1.99. The van der Waals surface area contributed by atoms with Crippen LogP contribution in [0.5, 0.6) is 17.4 Å². The summed E-state index contributed by atoms with van der Waals surface area (Å²) in [5.74, 6) is 2.08. The smallest absolute Gasteiger partial charge is 0.231 e. The van der Waals surface area contributed by atoms with Gasteiger partial charge in [0.1, 0.15) is 6.61 Å². The Hall–Kier alpha value is -2.43. The van der Waals surface area contributed by atoms with E-state index in [4.69, 9.17) is 19.9 Å². The zero-order valence-electron chi connectivity index (χ0n) is 10.6. The van der Waals surface area contributed by atoms with E-state index in [1.807, 2.05) is 31.2 Å². The molecule has 2 N–H and O–H groups in total. The zero-order chi connectivity index (χ0) is 13.2. The zero-order valence-corrected chi connectivity index (χ0v) is 10.6. The Kier molecular flexibility index (Phi) is 2.87. The first kappa shape index (κ1) is 11.6. The van der Waals surface area contributed by atoms with Gasteiger partial charge in [-0.15, -0.1) is 0 Å². The Morgan fingerprint density at radius 2 is 2.11 bits per heavy atom. The molecule has 1 aliphatic heterocycles. The van der Waals surface area contributed by atoms with E-state index in [1.165, 1.54) is 0 Å². The SMILES string of the molecule is Cc1cc(OCc2ccc3c(c2)OCO3)ncc1N. The molecule has 19 heavy (non-hydrogen) atoms. The third-order valence-corrected chi connectivity index (χ3v) is 2.95. The second kappa shape index (κ2) is 4.68. The Balaban J connectivity index is 1.70. The Morgan fingerprint density at radius 3 is 2.95 bits per heavy atom. The van der Waals surface area contributed by atoms with E-state index in [-0.39, 0.29) is 6.79 Å². The van der Waals surface area contributed by atoms with Crippen molar-refractivity contribution in [2.75, 3.05) is 12.5 Å². The number of anilines is 1. The molecule has 2 aromatic rings. The minimum Gasteiger partial charge on any atom is -0.473 e. The fraction of sp³-hybridized carbons (Fsp3) is 0.214. The number of nitrogens with zero attached hydrogens (tertiary/aromatic N) is 1. The van der Waals surface area contributed by atoms with Crippen LogP contribution in [-0.4, -0.2) is 11.8 Å². The Bertz CT molecular complexity index is 614. The van der Waals surface area contributed by atoms with Gasteiger partial charge in [0.2, 0.25) is 12.7 Å². The maximum absolute atomic E-state index is 5.71. The highest BCUT2D eigenvalue weighted by Crippen LogP contribution is 2.32. The summed E-state index contributed by atoms with van der Waals surface area (Å²) in [4.78, 5) is 4.12. The molecule has 0 saturated heterocycles. The molecule has 0 fully saturated rings. The van der Waals surface area contributed by atoms with E-state index in [1.54, 1.807) is 6.20 Å².